The van der Waals surface area contributed by atoms with Crippen molar-refractivity contribution in [3.05, 3.63) is 42.3 Å². The van der Waals surface area contributed by atoms with E-state index in [4.69, 9.17) is 4.74 Å². The Morgan fingerprint density at radius 3 is 2.87 bits per heavy atom. The molecule has 6 nitrogen and oxygen atoms in total. The van der Waals surface area contributed by atoms with Crippen molar-refractivity contribution in [3.63, 3.8) is 0 Å². The summed E-state index contributed by atoms with van der Waals surface area (Å²) < 4.78 is 18.4. The van der Waals surface area contributed by atoms with Gasteiger partial charge in [-0.25, -0.2) is 9.37 Å². The van der Waals surface area contributed by atoms with Crippen LogP contribution in [0.1, 0.15) is 19.3 Å². The van der Waals surface area contributed by atoms with Gasteiger partial charge in [-0.3, -0.25) is 4.79 Å². The maximum Gasteiger partial charge on any atom is 0.242 e. The quantitative estimate of drug-likeness (QED) is 0.906. The molecule has 2 heterocycles. The van der Waals surface area contributed by atoms with Crippen LogP contribution in [0.2, 0.25) is 0 Å². The van der Waals surface area contributed by atoms with Crippen LogP contribution in [0.15, 0.2) is 36.5 Å². The first-order valence-corrected chi connectivity index (χ1v) is 7.51. The van der Waals surface area contributed by atoms with Crippen molar-refractivity contribution in [2.45, 2.75) is 25.3 Å². The Balaban J connectivity index is 1.69. The molecule has 1 fully saturated rings. The third kappa shape index (κ3) is 4.15. The number of anilines is 1. The SMILES string of the molecule is O=C1NCCCC[C@H]1Nc1nccc(Oc2ccc(F)cc2)n1. The number of carbonyl (C=O) groups is 1. The summed E-state index contributed by atoms with van der Waals surface area (Å²) in [7, 11) is 0. The molecule has 7 heteroatoms. The molecule has 1 aliphatic rings. The molecule has 1 aromatic carbocycles. The molecule has 1 atom stereocenters. The average Bonchev–Trinajstić information content (AvgIpc) is 2.75. The molecule has 0 unspecified atom stereocenters. The summed E-state index contributed by atoms with van der Waals surface area (Å²) in [6, 6.07) is 6.91. The number of nitrogens with zero attached hydrogens (tertiary/aromatic N) is 2. The second-order valence-corrected chi connectivity index (χ2v) is 5.26. The average molecular weight is 316 g/mol. The second kappa shape index (κ2) is 7.04. The van der Waals surface area contributed by atoms with Crippen molar-refractivity contribution >= 4 is 11.9 Å². The van der Waals surface area contributed by atoms with Crippen molar-refractivity contribution in [2.24, 2.45) is 0 Å². The van der Waals surface area contributed by atoms with E-state index < -0.39 is 0 Å². The van der Waals surface area contributed by atoms with Gasteiger partial charge in [0.25, 0.3) is 0 Å². The van der Waals surface area contributed by atoms with Crippen LogP contribution in [-0.2, 0) is 4.79 Å². The van der Waals surface area contributed by atoms with E-state index in [2.05, 4.69) is 20.6 Å². The predicted octanol–water partition coefficient (Wildman–Crippen LogP) is 2.49. The smallest absolute Gasteiger partial charge is 0.242 e. The molecule has 0 spiro atoms. The molecular formula is C16H17FN4O2. The van der Waals surface area contributed by atoms with Gasteiger partial charge >= 0.3 is 0 Å². The minimum atomic E-state index is -0.349. The number of ether oxygens (including phenoxy) is 1. The second-order valence-electron chi connectivity index (χ2n) is 5.26. The number of rotatable bonds is 4. The van der Waals surface area contributed by atoms with Gasteiger partial charge in [-0.1, -0.05) is 0 Å². The van der Waals surface area contributed by atoms with Crippen LogP contribution in [0.4, 0.5) is 10.3 Å². The van der Waals surface area contributed by atoms with Gasteiger partial charge in [-0.2, -0.15) is 4.98 Å². The number of benzene rings is 1. The standard InChI is InChI=1S/C16H17FN4O2/c17-11-4-6-12(7-5-11)23-14-8-10-19-16(21-14)20-13-3-1-2-9-18-15(13)22/h4-8,10,13H,1-3,9H2,(H,18,22)(H,19,20,21)/t13-/m1/s1. The lowest BCUT2D eigenvalue weighted by Crippen LogP contribution is -2.38. The van der Waals surface area contributed by atoms with Gasteiger partial charge in [0.1, 0.15) is 17.6 Å². The summed E-state index contributed by atoms with van der Waals surface area (Å²) >= 11 is 0. The Morgan fingerprint density at radius 1 is 1.22 bits per heavy atom. The van der Waals surface area contributed by atoms with Crippen molar-refractivity contribution in [3.8, 4) is 11.6 Å². The molecule has 3 rings (SSSR count). The molecule has 1 saturated heterocycles. The molecule has 0 saturated carbocycles. The highest BCUT2D eigenvalue weighted by atomic mass is 19.1. The lowest BCUT2D eigenvalue weighted by Gasteiger charge is -2.15. The summed E-state index contributed by atoms with van der Waals surface area (Å²) in [5, 5.41) is 5.88. The Bertz CT molecular complexity index is 678. The number of amides is 1. The molecule has 1 aromatic heterocycles. The van der Waals surface area contributed by atoms with Crippen molar-refractivity contribution in [1.82, 2.24) is 15.3 Å². The fourth-order valence-electron chi connectivity index (χ4n) is 2.32. The molecule has 0 bridgehead atoms. The van der Waals surface area contributed by atoms with Crippen LogP contribution in [0.3, 0.4) is 0 Å². The number of hydrogen-bond acceptors (Lipinski definition) is 5. The fraction of sp³-hybridized carbons (Fsp3) is 0.312. The van der Waals surface area contributed by atoms with Crippen LogP contribution in [0.5, 0.6) is 11.6 Å². The van der Waals surface area contributed by atoms with E-state index in [9.17, 15) is 9.18 Å². The van der Waals surface area contributed by atoms with Crippen molar-refractivity contribution in [1.29, 1.82) is 0 Å². The first kappa shape index (κ1) is 15.2. The van der Waals surface area contributed by atoms with Gasteiger partial charge in [0.05, 0.1) is 0 Å². The van der Waals surface area contributed by atoms with E-state index in [1.807, 2.05) is 0 Å². The Morgan fingerprint density at radius 2 is 2.04 bits per heavy atom. The molecule has 2 N–H and O–H groups in total. The summed E-state index contributed by atoms with van der Waals surface area (Å²) in [4.78, 5) is 20.3. The van der Waals surface area contributed by atoms with Gasteiger partial charge in [0.15, 0.2) is 0 Å². The van der Waals surface area contributed by atoms with Gasteiger partial charge in [0, 0.05) is 18.8 Å². The zero-order chi connectivity index (χ0) is 16.1. The van der Waals surface area contributed by atoms with Gasteiger partial charge < -0.3 is 15.4 Å². The number of nitrogens with one attached hydrogen (secondary N) is 2. The molecule has 0 radical (unpaired) electrons. The first-order chi connectivity index (χ1) is 11.2. The summed E-state index contributed by atoms with van der Waals surface area (Å²) in [5.74, 6) is 0.746. The molecule has 1 aliphatic heterocycles. The van der Waals surface area contributed by atoms with Gasteiger partial charge in [-0.15, -0.1) is 0 Å². The molecular weight excluding hydrogens is 299 g/mol. The van der Waals surface area contributed by atoms with E-state index >= 15 is 0 Å². The normalized spacial score (nSPS) is 18.0. The van der Waals surface area contributed by atoms with Crippen LogP contribution in [-0.4, -0.2) is 28.5 Å². The number of hydrogen-bond donors (Lipinski definition) is 2. The van der Waals surface area contributed by atoms with E-state index in [1.165, 1.54) is 24.3 Å². The summed E-state index contributed by atoms with van der Waals surface area (Å²) in [6.07, 6.45) is 4.21. The topological polar surface area (TPSA) is 76.1 Å². The third-order valence-corrected chi connectivity index (χ3v) is 3.50. The van der Waals surface area contributed by atoms with E-state index in [1.54, 1.807) is 12.3 Å². The monoisotopic (exact) mass is 316 g/mol. The predicted molar refractivity (Wildman–Crippen MR) is 82.8 cm³/mol. The Labute approximate surface area is 133 Å². The number of halogens is 1. The molecule has 0 aliphatic carbocycles. The van der Waals surface area contributed by atoms with E-state index in [0.29, 0.717) is 24.1 Å². The molecule has 120 valence electrons. The number of carbonyl (C=O) groups excluding carboxylic acids is 1. The fourth-order valence-corrected chi connectivity index (χ4v) is 2.32. The van der Waals surface area contributed by atoms with Crippen molar-refractivity contribution in [2.75, 3.05) is 11.9 Å². The highest BCUT2D eigenvalue weighted by Crippen LogP contribution is 2.20. The molecule has 23 heavy (non-hydrogen) atoms. The lowest BCUT2D eigenvalue weighted by molar-refractivity contribution is -0.121. The highest BCUT2D eigenvalue weighted by Gasteiger charge is 2.21. The third-order valence-electron chi connectivity index (χ3n) is 3.50. The Hall–Kier alpha value is -2.70. The van der Waals surface area contributed by atoms with Crippen LogP contribution >= 0.6 is 0 Å². The zero-order valence-corrected chi connectivity index (χ0v) is 12.5. The molecule has 1 amide bonds. The van der Waals surface area contributed by atoms with Crippen LogP contribution in [0.25, 0.3) is 0 Å². The van der Waals surface area contributed by atoms with E-state index in [0.717, 1.165) is 19.3 Å². The maximum atomic E-state index is 12.9. The maximum absolute atomic E-state index is 12.9. The summed E-state index contributed by atoms with van der Waals surface area (Å²) in [6.45, 7) is 0.700. The van der Waals surface area contributed by atoms with Crippen LogP contribution in [0, 0.1) is 5.82 Å². The highest BCUT2D eigenvalue weighted by molar-refractivity contribution is 5.84. The van der Waals surface area contributed by atoms with Crippen LogP contribution < -0.4 is 15.4 Å². The minimum absolute atomic E-state index is 0.0454. The van der Waals surface area contributed by atoms with Gasteiger partial charge in [0.2, 0.25) is 17.7 Å². The Kier molecular flexibility index (Phi) is 4.65. The van der Waals surface area contributed by atoms with E-state index in [-0.39, 0.29) is 17.8 Å². The minimum Gasteiger partial charge on any atom is -0.439 e. The number of aromatic nitrogens is 2. The zero-order valence-electron chi connectivity index (χ0n) is 12.5. The summed E-state index contributed by atoms with van der Waals surface area (Å²) in [5.41, 5.74) is 0. The largest absolute Gasteiger partial charge is 0.439 e. The van der Waals surface area contributed by atoms with Gasteiger partial charge in [-0.05, 0) is 43.5 Å². The lowest BCUT2D eigenvalue weighted by atomic mass is 10.1. The molecule has 2 aromatic rings. The first-order valence-electron chi connectivity index (χ1n) is 7.51. The van der Waals surface area contributed by atoms with Crippen molar-refractivity contribution < 1.29 is 13.9 Å².